The molecule has 1 aromatic heterocycles. The van der Waals surface area contributed by atoms with Gasteiger partial charge in [-0.3, -0.25) is 9.79 Å². The summed E-state index contributed by atoms with van der Waals surface area (Å²) in [6.45, 7) is 5.44. The number of hydrogen-bond acceptors (Lipinski definition) is 3. The van der Waals surface area contributed by atoms with E-state index in [0.29, 0.717) is 18.3 Å². The van der Waals surface area contributed by atoms with E-state index in [1.807, 2.05) is 6.92 Å². The number of aliphatic imine (C=N–C) groups is 1. The first-order valence-corrected chi connectivity index (χ1v) is 7.41. The van der Waals surface area contributed by atoms with E-state index < -0.39 is 0 Å². The number of rotatable bonds is 6. The minimum atomic E-state index is -0.160. The number of carbonyl (C=O) groups excluding carboxylic acids is 1. The topological polar surface area (TPSA) is 78.7 Å². The fourth-order valence-corrected chi connectivity index (χ4v) is 2.08. The largest absolute Gasteiger partial charge is 0.459 e. The van der Waals surface area contributed by atoms with Gasteiger partial charge in [0.05, 0.1) is 6.26 Å². The third-order valence-electron chi connectivity index (χ3n) is 3.66. The zero-order valence-electron chi connectivity index (χ0n) is 13.3. The van der Waals surface area contributed by atoms with Crippen molar-refractivity contribution < 1.29 is 9.21 Å². The Morgan fingerprint density at radius 1 is 1.41 bits per heavy atom. The smallest absolute Gasteiger partial charge is 0.287 e. The quantitative estimate of drug-likeness (QED) is 0.284. The number of halogens is 1. The molecule has 1 amide bonds. The summed E-state index contributed by atoms with van der Waals surface area (Å²) in [5.74, 6) is 1.80. The Hall–Kier alpha value is -1.25. The van der Waals surface area contributed by atoms with Gasteiger partial charge in [-0.25, -0.2) is 0 Å². The molecule has 6 nitrogen and oxygen atoms in total. The fourth-order valence-electron chi connectivity index (χ4n) is 2.08. The summed E-state index contributed by atoms with van der Waals surface area (Å²) in [5.41, 5.74) is 0.855. The average Bonchev–Trinajstić information content (AvgIpc) is 2.97. The number of amides is 1. The second-order valence-electron chi connectivity index (χ2n) is 5.50. The molecular weight excluding hydrogens is 395 g/mol. The Bertz CT molecular complexity index is 515. The first-order chi connectivity index (χ1) is 10.1. The van der Waals surface area contributed by atoms with Crippen molar-refractivity contribution >= 4 is 35.8 Å². The molecule has 0 aromatic carbocycles. The standard InChI is InChI=1S/C15H24N4O2.HI/c1-10-5-8-21-13(10)14(20)17-6-4-7-18-15(16-3)19-12-9-11(12)2;/h5,8,11-12H,4,6-7,9H2,1-3H3,(H,17,20)(H2,16,18,19);1H. The number of hydrogen-bond donors (Lipinski definition) is 3. The van der Waals surface area contributed by atoms with E-state index in [1.165, 1.54) is 12.7 Å². The molecule has 1 aromatic rings. The van der Waals surface area contributed by atoms with E-state index in [1.54, 1.807) is 13.1 Å². The van der Waals surface area contributed by atoms with Crippen LogP contribution in [0.2, 0.25) is 0 Å². The minimum Gasteiger partial charge on any atom is -0.459 e. The van der Waals surface area contributed by atoms with Crippen molar-refractivity contribution in [2.75, 3.05) is 20.1 Å². The Labute approximate surface area is 148 Å². The van der Waals surface area contributed by atoms with Gasteiger partial charge in [0.1, 0.15) is 0 Å². The van der Waals surface area contributed by atoms with Gasteiger partial charge in [0.25, 0.3) is 5.91 Å². The fraction of sp³-hybridized carbons (Fsp3) is 0.600. The molecule has 22 heavy (non-hydrogen) atoms. The lowest BCUT2D eigenvalue weighted by Gasteiger charge is -2.11. The Morgan fingerprint density at radius 2 is 2.09 bits per heavy atom. The summed E-state index contributed by atoms with van der Waals surface area (Å²) in [4.78, 5) is 16.0. The van der Waals surface area contributed by atoms with Crippen molar-refractivity contribution in [1.82, 2.24) is 16.0 Å². The summed E-state index contributed by atoms with van der Waals surface area (Å²) in [5, 5.41) is 9.45. The maximum absolute atomic E-state index is 11.8. The van der Waals surface area contributed by atoms with E-state index in [2.05, 4.69) is 27.9 Å². The molecule has 2 atom stereocenters. The highest BCUT2D eigenvalue weighted by Crippen LogP contribution is 2.28. The van der Waals surface area contributed by atoms with Crippen LogP contribution in [0.5, 0.6) is 0 Å². The maximum atomic E-state index is 11.8. The van der Waals surface area contributed by atoms with Crippen LogP contribution in [0.1, 0.15) is 35.9 Å². The second kappa shape index (κ2) is 9.02. The van der Waals surface area contributed by atoms with Crippen molar-refractivity contribution in [3.8, 4) is 0 Å². The van der Waals surface area contributed by atoms with E-state index in [9.17, 15) is 4.79 Å². The summed E-state index contributed by atoms with van der Waals surface area (Å²) >= 11 is 0. The summed E-state index contributed by atoms with van der Waals surface area (Å²) < 4.78 is 5.14. The highest BCUT2D eigenvalue weighted by Gasteiger charge is 2.33. The number of guanidine groups is 1. The third-order valence-corrected chi connectivity index (χ3v) is 3.66. The molecule has 0 bridgehead atoms. The first kappa shape index (κ1) is 18.8. The Balaban J connectivity index is 0.00000242. The molecule has 0 radical (unpaired) electrons. The lowest BCUT2D eigenvalue weighted by atomic mass is 10.2. The van der Waals surface area contributed by atoms with Crippen LogP contribution >= 0.6 is 24.0 Å². The van der Waals surface area contributed by atoms with Crippen LogP contribution in [0.4, 0.5) is 0 Å². The molecule has 2 rings (SSSR count). The number of nitrogens with zero attached hydrogens (tertiary/aromatic N) is 1. The van der Waals surface area contributed by atoms with E-state index in [4.69, 9.17) is 4.42 Å². The molecule has 1 heterocycles. The van der Waals surface area contributed by atoms with Gasteiger partial charge in [-0.2, -0.15) is 0 Å². The van der Waals surface area contributed by atoms with Gasteiger partial charge in [0.15, 0.2) is 11.7 Å². The molecule has 1 aliphatic carbocycles. The molecule has 124 valence electrons. The molecule has 0 aliphatic heterocycles. The number of aryl methyl sites for hydroxylation is 1. The predicted molar refractivity (Wildman–Crippen MR) is 97.9 cm³/mol. The molecule has 2 unspecified atom stereocenters. The van der Waals surface area contributed by atoms with Gasteiger partial charge >= 0.3 is 0 Å². The van der Waals surface area contributed by atoms with Gasteiger partial charge < -0.3 is 20.4 Å². The summed E-state index contributed by atoms with van der Waals surface area (Å²) in [6.07, 6.45) is 3.56. The van der Waals surface area contributed by atoms with Crippen LogP contribution in [-0.4, -0.2) is 38.0 Å². The predicted octanol–water partition coefficient (Wildman–Crippen LogP) is 1.90. The zero-order valence-corrected chi connectivity index (χ0v) is 15.6. The lowest BCUT2D eigenvalue weighted by Crippen LogP contribution is -2.40. The number of nitrogens with one attached hydrogen (secondary N) is 3. The van der Waals surface area contributed by atoms with E-state index >= 15 is 0 Å². The second-order valence-corrected chi connectivity index (χ2v) is 5.50. The van der Waals surface area contributed by atoms with Gasteiger partial charge in [0.2, 0.25) is 0 Å². The summed E-state index contributed by atoms with van der Waals surface area (Å²) in [7, 11) is 1.77. The molecule has 0 saturated heterocycles. The highest BCUT2D eigenvalue weighted by atomic mass is 127. The van der Waals surface area contributed by atoms with Crippen LogP contribution in [0.3, 0.4) is 0 Å². The van der Waals surface area contributed by atoms with Crippen LogP contribution in [0, 0.1) is 12.8 Å². The van der Waals surface area contributed by atoms with Crippen molar-refractivity contribution in [2.24, 2.45) is 10.9 Å². The van der Waals surface area contributed by atoms with Crippen LogP contribution in [-0.2, 0) is 0 Å². The van der Waals surface area contributed by atoms with Gasteiger partial charge in [-0.05, 0) is 31.7 Å². The van der Waals surface area contributed by atoms with Crippen molar-refractivity contribution in [2.45, 2.75) is 32.7 Å². The van der Waals surface area contributed by atoms with Crippen molar-refractivity contribution in [3.63, 3.8) is 0 Å². The van der Waals surface area contributed by atoms with Gasteiger partial charge in [0, 0.05) is 31.7 Å². The van der Waals surface area contributed by atoms with Gasteiger partial charge in [-0.15, -0.1) is 24.0 Å². The van der Waals surface area contributed by atoms with E-state index in [-0.39, 0.29) is 29.9 Å². The maximum Gasteiger partial charge on any atom is 0.287 e. The van der Waals surface area contributed by atoms with Crippen molar-refractivity contribution in [3.05, 3.63) is 23.7 Å². The van der Waals surface area contributed by atoms with Crippen LogP contribution < -0.4 is 16.0 Å². The SMILES string of the molecule is CN=C(NCCCNC(=O)c1occc1C)NC1CC1C.I. The minimum absolute atomic E-state index is 0. The normalized spacial score (nSPS) is 20.0. The van der Waals surface area contributed by atoms with E-state index in [0.717, 1.165) is 30.4 Å². The average molecular weight is 420 g/mol. The Morgan fingerprint density at radius 3 is 2.64 bits per heavy atom. The van der Waals surface area contributed by atoms with Crippen molar-refractivity contribution in [1.29, 1.82) is 0 Å². The molecule has 3 N–H and O–H groups in total. The zero-order chi connectivity index (χ0) is 15.2. The van der Waals surface area contributed by atoms with Gasteiger partial charge in [-0.1, -0.05) is 6.92 Å². The molecule has 7 heteroatoms. The lowest BCUT2D eigenvalue weighted by molar-refractivity contribution is 0.0925. The summed E-state index contributed by atoms with van der Waals surface area (Å²) in [6, 6.07) is 2.34. The first-order valence-electron chi connectivity index (χ1n) is 7.41. The molecular formula is C15H25IN4O2. The molecule has 1 fully saturated rings. The monoisotopic (exact) mass is 420 g/mol. The molecule has 0 spiro atoms. The number of carbonyl (C=O) groups is 1. The third kappa shape index (κ3) is 5.51. The van der Waals surface area contributed by atoms with Crippen LogP contribution in [0.25, 0.3) is 0 Å². The molecule has 1 aliphatic rings. The number of furan rings is 1. The highest BCUT2D eigenvalue weighted by molar-refractivity contribution is 14.0. The molecule has 1 saturated carbocycles. The van der Waals surface area contributed by atoms with Crippen LogP contribution in [0.15, 0.2) is 21.7 Å². The Kier molecular flexibility index (Phi) is 7.70.